The predicted molar refractivity (Wildman–Crippen MR) is 22.1 cm³/mol. The summed E-state index contributed by atoms with van der Waals surface area (Å²) in [7, 11) is -11.4. The summed E-state index contributed by atoms with van der Waals surface area (Å²) in [5.41, 5.74) is 0. The molecule has 1 radical (unpaired) electrons. The molecule has 11 heteroatoms. The van der Waals surface area contributed by atoms with Crippen molar-refractivity contribution in [2.75, 3.05) is 0 Å². The molecule has 0 saturated heterocycles. The molecule has 0 bridgehead atoms. The van der Waals surface area contributed by atoms with E-state index < -0.39 is 15.6 Å². The molecule has 7 nitrogen and oxygen atoms in total. The Kier molecular flexibility index (Phi) is 10.1. The van der Waals surface area contributed by atoms with Gasteiger partial charge in [-0.05, 0) is 0 Å². The molecule has 0 aromatic carbocycles. The van der Waals surface area contributed by atoms with Crippen molar-refractivity contribution >= 4 is 38.7 Å². The van der Waals surface area contributed by atoms with E-state index in [4.69, 9.17) is 0 Å². The topological polar surface area (TPSA) is 136 Å². The summed E-state index contributed by atoms with van der Waals surface area (Å²) < 4.78 is 21.2. The molecular formula is CoMgO7P2. The summed E-state index contributed by atoms with van der Waals surface area (Å²) in [6.45, 7) is 0. The van der Waals surface area contributed by atoms with Crippen LogP contribution in [0.2, 0.25) is 0 Å². The Morgan fingerprint density at radius 1 is 0.909 bits per heavy atom. The van der Waals surface area contributed by atoms with Crippen LogP contribution >= 0.6 is 15.6 Å². The van der Waals surface area contributed by atoms with Crippen LogP contribution in [0.4, 0.5) is 0 Å². The molecule has 11 heavy (non-hydrogen) atoms. The van der Waals surface area contributed by atoms with Gasteiger partial charge in [-0.1, -0.05) is 0 Å². The van der Waals surface area contributed by atoms with Crippen molar-refractivity contribution in [2.45, 2.75) is 0 Å². The van der Waals surface area contributed by atoms with Gasteiger partial charge in [-0.3, -0.25) is 0 Å². The second-order valence-corrected chi connectivity index (χ2v) is 3.42. The van der Waals surface area contributed by atoms with Crippen LogP contribution in [0.15, 0.2) is 0 Å². The molecule has 0 rings (SSSR count). The van der Waals surface area contributed by atoms with E-state index in [9.17, 15) is 28.7 Å². The number of hydrogen-bond acceptors (Lipinski definition) is 7. The Bertz CT molecular complexity index is 157. The van der Waals surface area contributed by atoms with Crippen LogP contribution in [-0.2, 0) is 30.2 Å². The SMILES string of the molecule is O=P([O-])([O-])OP(=O)([O-])[O-].[Co+2].[Mg+2]. The van der Waals surface area contributed by atoms with Crippen molar-refractivity contribution in [2.24, 2.45) is 0 Å². The van der Waals surface area contributed by atoms with E-state index >= 15 is 0 Å². The van der Waals surface area contributed by atoms with Crippen LogP contribution in [0, 0.1) is 0 Å². The Morgan fingerprint density at radius 3 is 1.09 bits per heavy atom. The van der Waals surface area contributed by atoms with Gasteiger partial charge < -0.3 is 33.0 Å². The molecular weight excluding hydrogens is 257 g/mol. The van der Waals surface area contributed by atoms with E-state index in [0.717, 1.165) is 0 Å². The second kappa shape index (κ2) is 6.06. The monoisotopic (exact) mass is 257 g/mol. The van der Waals surface area contributed by atoms with Crippen LogP contribution < -0.4 is 19.6 Å². The van der Waals surface area contributed by atoms with Crippen molar-refractivity contribution in [3.8, 4) is 0 Å². The zero-order valence-corrected chi connectivity index (χ0v) is 9.04. The molecule has 0 aliphatic rings. The van der Waals surface area contributed by atoms with Gasteiger partial charge in [0.05, 0.1) is 15.6 Å². The average molecular weight is 257 g/mol. The minimum absolute atomic E-state index is 0. The molecule has 63 valence electrons. The standard InChI is InChI=1S/Co.Mg.H4O7P2/c;;1-8(2,3)7-9(4,5)6/h;;(H2,1,2,3)(H2,4,5,6)/q2*+2;/p-4. The molecule has 0 aliphatic heterocycles. The van der Waals surface area contributed by atoms with Gasteiger partial charge in [0.25, 0.3) is 0 Å². The summed E-state index contributed by atoms with van der Waals surface area (Å²) >= 11 is 0. The third-order valence-corrected chi connectivity index (χ3v) is 1.80. The van der Waals surface area contributed by atoms with Gasteiger partial charge in [0.1, 0.15) is 0 Å². The quantitative estimate of drug-likeness (QED) is 0.366. The third kappa shape index (κ3) is 18.5. The van der Waals surface area contributed by atoms with Crippen LogP contribution in [-0.4, -0.2) is 23.1 Å². The van der Waals surface area contributed by atoms with E-state index in [1.807, 2.05) is 0 Å². The molecule has 0 amide bonds. The van der Waals surface area contributed by atoms with Crippen molar-refractivity contribution in [3.63, 3.8) is 0 Å². The second-order valence-electron chi connectivity index (χ2n) is 0.976. The molecule has 0 aliphatic carbocycles. The fourth-order valence-electron chi connectivity index (χ4n) is 0.122. The minimum Gasteiger partial charge on any atom is -0.790 e. The van der Waals surface area contributed by atoms with Crippen molar-refractivity contribution < 1.29 is 49.8 Å². The largest absolute Gasteiger partial charge is 2.00 e. The molecule has 0 N–H and O–H groups in total. The smallest absolute Gasteiger partial charge is 0.790 e. The van der Waals surface area contributed by atoms with Gasteiger partial charge in [0.2, 0.25) is 0 Å². The third-order valence-electron chi connectivity index (χ3n) is 0.200. The van der Waals surface area contributed by atoms with Crippen LogP contribution in [0.5, 0.6) is 0 Å². The molecule has 0 spiro atoms. The van der Waals surface area contributed by atoms with Crippen LogP contribution in [0.25, 0.3) is 0 Å². The summed E-state index contributed by atoms with van der Waals surface area (Å²) in [5.74, 6) is 0. The van der Waals surface area contributed by atoms with E-state index in [1.54, 1.807) is 0 Å². The molecule has 0 atom stereocenters. The first-order chi connectivity index (χ1) is 3.71. The van der Waals surface area contributed by atoms with E-state index in [2.05, 4.69) is 4.31 Å². The van der Waals surface area contributed by atoms with Crippen LogP contribution in [0.1, 0.15) is 0 Å². The van der Waals surface area contributed by atoms with Crippen LogP contribution in [0.3, 0.4) is 0 Å². The summed E-state index contributed by atoms with van der Waals surface area (Å²) in [5, 5.41) is 0. The Labute approximate surface area is 88.4 Å². The molecule has 0 heterocycles. The fourth-order valence-corrected chi connectivity index (χ4v) is 1.10. The maximum absolute atomic E-state index is 9.32. The van der Waals surface area contributed by atoms with E-state index in [-0.39, 0.29) is 39.8 Å². The van der Waals surface area contributed by atoms with Gasteiger partial charge in [0, 0.05) is 0 Å². The number of rotatable bonds is 2. The fraction of sp³-hybridized carbons (Fsp3) is 0. The van der Waals surface area contributed by atoms with Gasteiger partial charge in [-0.15, -0.1) is 0 Å². The molecule has 0 aromatic rings. The predicted octanol–water partition coefficient (Wildman–Crippen LogP) is -3.72. The van der Waals surface area contributed by atoms with Crippen molar-refractivity contribution in [3.05, 3.63) is 0 Å². The van der Waals surface area contributed by atoms with Gasteiger partial charge >= 0.3 is 39.8 Å². The summed E-state index contributed by atoms with van der Waals surface area (Å²) in [4.78, 5) is 37.3. The van der Waals surface area contributed by atoms with E-state index in [0.29, 0.717) is 0 Å². The Balaban J connectivity index is -0.000000320. The van der Waals surface area contributed by atoms with Gasteiger partial charge in [-0.2, -0.15) is 0 Å². The Hall–Kier alpha value is 1.53. The first-order valence-corrected chi connectivity index (χ1v) is 4.38. The molecule has 0 unspecified atom stereocenters. The average Bonchev–Trinajstić information content (AvgIpc) is 1.14. The zero-order chi connectivity index (χ0) is 7.71. The van der Waals surface area contributed by atoms with Crippen molar-refractivity contribution in [1.29, 1.82) is 0 Å². The maximum atomic E-state index is 9.32. The van der Waals surface area contributed by atoms with Gasteiger partial charge in [-0.25, -0.2) is 0 Å². The number of hydrogen-bond donors (Lipinski definition) is 0. The Morgan fingerprint density at radius 2 is 1.09 bits per heavy atom. The first kappa shape index (κ1) is 18.3. The normalized spacial score (nSPS) is 11.3. The molecule has 0 aromatic heterocycles. The summed E-state index contributed by atoms with van der Waals surface area (Å²) in [6, 6.07) is 0. The number of phosphoric acid groups is 2. The minimum atomic E-state index is -5.68. The van der Waals surface area contributed by atoms with E-state index in [1.165, 1.54) is 0 Å². The van der Waals surface area contributed by atoms with Gasteiger partial charge in [0.15, 0.2) is 0 Å². The maximum Gasteiger partial charge on any atom is 2.00 e. The first-order valence-electron chi connectivity index (χ1n) is 1.46. The summed E-state index contributed by atoms with van der Waals surface area (Å²) in [6.07, 6.45) is 0. The molecule has 0 fully saturated rings. The van der Waals surface area contributed by atoms with Crippen molar-refractivity contribution in [1.82, 2.24) is 0 Å². The molecule has 0 saturated carbocycles. The zero-order valence-electron chi connectivity index (χ0n) is 4.79.